The molecule has 2 fully saturated rings. The molecule has 4 heteroatoms. The number of hydrogen-bond acceptors (Lipinski definition) is 2. The number of piperidine rings is 1. The van der Waals surface area contributed by atoms with E-state index in [4.69, 9.17) is 0 Å². The SMILES string of the molecule is O=C(c1cc(S)ccc1Br)N1CCCC2CCCCC21. The first kappa shape index (κ1) is 14.5. The van der Waals surface area contributed by atoms with Gasteiger partial charge in [0.1, 0.15) is 0 Å². The molecule has 0 spiro atoms. The number of benzene rings is 1. The summed E-state index contributed by atoms with van der Waals surface area (Å²) in [6, 6.07) is 6.16. The monoisotopic (exact) mass is 353 g/mol. The van der Waals surface area contributed by atoms with E-state index in [2.05, 4.69) is 33.5 Å². The number of carbonyl (C=O) groups excluding carboxylic acids is 1. The molecule has 1 aliphatic heterocycles. The number of likely N-dealkylation sites (tertiary alicyclic amines) is 1. The molecule has 2 nitrogen and oxygen atoms in total. The van der Waals surface area contributed by atoms with Gasteiger partial charge in [-0.1, -0.05) is 12.8 Å². The quantitative estimate of drug-likeness (QED) is 0.735. The highest BCUT2D eigenvalue weighted by Crippen LogP contribution is 2.36. The maximum Gasteiger partial charge on any atom is 0.255 e. The fourth-order valence-corrected chi connectivity index (χ4v) is 4.33. The van der Waals surface area contributed by atoms with E-state index in [0.717, 1.165) is 33.8 Å². The van der Waals surface area contributed by atoms with Crippen LogP contribution in [0.2, 0.25) is 0 Å². The summed E-state index contributed by atoms with van der Waals surface area (Å²) < 4.78 is 0.873. The third-order valence-electron chi connectivity index (χ3n) is 4.68. The Bertz CT molecular complexity index is 517. The first-order chi connectivity index (χ1) is 9.66. The Kier molecular flexibility index (Phi) is 4.41. The first-order valence-electron chi connectivity index (χ1n) is 7.46. The van der Waals surface area contributed by atoms with Gasteiger partial charge < -0.3 is 4.90 Å². The second-order valence-corrected chi connectivity index (χ2v) is 7.29. The number of thiol groups is 1. The number of carbonyl (C=O) groups is 1. The van der Waals surface area contributed by atoms with Crippen LogP contribution in [-0.4, -0.2) is 23.4 Å². The molecule has 1 aromatic carbocycles. The lowest BCUT2D eigenvalue weighted by Gasteiger charge is -2.44. The Balaban J connectivity index is 1.87. The zero-order valence-electron chi connectivity index (χ0n) is 11.5. The summed E-state index contributed by atoms with van der Waals surface area (Å²) in [6.07, 6.45) is 7.50. The lowest BCUT2D eigenvalue weighted by Crippen LogP contribution is -2.49. The van der Waals surface area contributed by atoms with Gasteiger partial charge in [0.2, 0.25) is 0 Å². The van der Waals surface area contributed by atoms with Crippen molar-refractivity contribution in [2.45, 2.75) is 49.5 Å². The Morgan fingerprint density at radius 2 is 1.95 bits per heavy atom. The van der Waals surface area contributed by atoms with E-state index < -0.39 is 0 Å². The molecule has 108 valence electrons. The molecule has 1 aromatic rings. The first-order valence-corrected chi connectivity index (χ1v) is 8.70. The Hall–Kier alpha value is -0.480. The Morgan fingerprint density at radius 1 is 1.20 bits per heavy atom. The third kappa shape index (κ3) is 2.77. The molecule has 1 aliphatic carbocycles. The lowest BCUT2D eigenvalue weighted by molar-refractivity contribution is 0.0389. The van der Waals surface area contributed by atoms with Crippen LogP contribution in [0.3, 0.4) is 0 Å². The fourth-order valence-electron chi connectivity index (χ4n) is 3.71. The molecule has 0 N–H and O–H groups in total. The molecule has 0 aromatic heterocycles. The lowest BCUT2D eigenvalue weighted by atomic mass is 9.78. The molecule has 1 saturated heterocycles. The average molecular weight is 354 g/mol. The zero-order valence-corrected chi connectivity index (χ0v) is 14.0. The van der Waals surface area contributed by atoms with Crippen LogP contribution in [0, 0.1) is 5.92 Å². The molecule has 2 atom stereocenters. The molecule has 1 amide bonds. The molecule has 0 radical (unpaired) electrons. The van der Waals surface area contributed by atoms with E-state index in [0.29, 0.717) is 6.04 Å². The standard InChI is InChI=1S/C16H20BrNOS/c17-14-8-7-12(20)10-13(14)16(19)18-9-3-5-11-4-1-2-6-15(11)18/h7-8,10-11,15,20H,1-6,9H2. The van der Waals surface area contributed by atoms with E-state index >= 15 is 0 Å². The second-order valence-electron chi connectivity index (χ2n) is 5.92. The van der Waals surface area contributed by atoms with E-state index in [1.165, 1.54) is 32.1 Å². The van der Waals surface area contributed by atoms with Crippen molar-refractivity contribution >= 4 is 34.5 Å². The smallest absolute Gasteiger partial charge is 0.255 e. The summed E-state index contributed by atoms with van der Waals surface area (Å²) in [5.74, 6) is 0.892. The molecule has 3 rings (SSSR count). The Morgan fingerprint density at radius 3 is 2.80 bits per heavy atom. The molecule has 0 bridgehead atoms. The number of hydrogen-bond donors (Lipinski definition) is 1. The minimum absolute atomic E-state index is 0.171. The number of amides is 1. The van der Waals surface area contributed by atoms with Crippen molar-refractivity contribution in [3.05, 3.63) is 28.2 Å². The van der Waals surface area contributed by atoms with Crippen LogP contribution in [0.1, 0.15) is 48.9 Å². The highest BCUT2D eigenvalue weighted by molar-refractivity contribution is 9.10. The molecular weight excluding hydrogens is 334 g/mol. The summed E-state index contributed by atoms with van der Waals surface area (Å²) >= 11 is 7.87. The van der Waals surface area contributed by atoms with Gasteiger partial charge in [0.25, 0.3) is 5.91 Å². The van der Waals surface area contributed by atoms with Crippen molar-refractivity contribution in [1.82, 2.24) is 4.90 Å². The van der Waals surface area contributed by atoms with Gasteiger partial charge in [-0.25, -0.2) is 0 Å². The van der Waals surface area contributed by atoms with Gasteiger partial charge in [-0.2, -0.15) is 0 Å². The van der Waals surface area contributed by atoms with Crippen LogP contribution >= 0.6 is 28.6 Å². The van der Waals surface area contributed by atoms with E-state index in [9.17, 15) is 4.79 Å². The summed E-state index contributed by atoms with van der Waals surface area (Å²) in [4.78, 5) is 15.9. The van der Waals surface area contributed by atoms with E-state index in [-0.39, 0.29) is 5.91 Å². The molecule has 1 heterocycles. The molecular formula is C16H20BrNOS. The maximum absolute atomic E-state index is 12.9. The van der Waals surface area contributed by atoms with Gasteiger partial charge in [0.15, 0.2) is 0 Å². The van der Waals surface area contributed by atoms with Crippen LogP contribution in [0.4, 0.5) is 0 Å². The minimum Gasteiger partial charge on any atom is -0.335 e. The van der Waals surface area contributed by atoms with Gasteiger partial charge in [-0.3, -0.25) is 4.79 Å². The highest BCUT2D eigenvalue weighted by Gasteiger charge is 2.36. The summed E-state index contributed by atoms with van der Waals surface area (Å²) in [6.45, 7) is 0.906. The highest BCUT2D eigenvalue weighted by atomic mass is 79.9. The van der Waals surface area contributed by atoms with E-state index in [1.54, 1.807) is 0 Å². The number of fused-ring (bicyclic) bond motifs is 1. The van der Waals surface area contributed by atoms with Crippen LogP contribution < -0.4 is 0 Å². The molecule has 2 unspecified atom stereocenters. The number of halogens is 1. The second kappa shape index (κ2) is 6.10. The van der Waals surface area contributed by atoms with Crippen molar-refractivity contribution in [3.8, 4) is 0 Å². The van der Waals surface area contributed by atoms with Crippen molar-refractivity contribution in [2.75, 3.05) is 6.54 Å². The van der Waals surface area contributed by atoms with Crippen molar-refractivity contribution < 1.29 is 4.79 Å². The Labute approximate surface area is 134 Å². The topological polar surface area (TPSA) is 20.3 Å². The minimum atomic E-state index is 0.171. The fraction of sp³-hybridized carbons (Fsp3) is 0.562. The van der Waals surface area contributed by atoms with Crippen LogP contribution in [0.15, 0.2) is 27.6 Å². The molecule has 20 heavy (non-hydrogen) atoms. The van der Waals surface area contributed by atoms with Crippen molar-refractivity contribution in [1.29, 1.82) is 0 Å². The summed E-state index contributed by atoms with van der Waals surface area (Å²) in [5, 5.41) is 0. The van der Waals surface area contributed by atoms with Crippen LogP contribution in [-0.2, 0) is 0 Å². The largest absolute Gasteiger partial charge is 0.335 e. The number of rotatable bonds is 1. The molecule has 1 saturated carbocycles. The van der Waals surface area contributed by atoms with Gasteiger partial charge in [-0.15, -0.1) is 12.6 Å². The van der Waals surface area contributed by atoms with Crippen LogP contribution in [0.25, 0.3) is 0 Å². The van der Waals surface area contributed by atoms with Gasteiger partial charge in [0.05, 0.1) is 5.56 Å². The maximum atomic E-state index is 12.9. The third-order valence-corrected chi connectivity index (χ3v) is 5.65. The van der Waals surface area contributed by atoms with Gasteiger partial charge in [-0.05, 0) is 65.7 Å². The summed E-state index contributed by atoms with van der Waals surface area (Å²) in [7, 11) is 0. The van der Waals surface area contributed by atoms with Gasteiger partial charge in [0, 0.05) is 22.0 Å². The summed E-state index contributed by atoms with van der Waals surface area (Å²) in [5.41, 5.74) is 0.753. The van der Waals surface area contributed by atoms with Crippen molar-refractivity contribution in [3.63, 3.8) is 0 Å². The number of nitrogens with zero attached hydrogens (tertiary/aromatic N) is 1. The zero-order chi connectivity index (χ0) is 14.1. The predicted octanol–water partition coefficient (Wildman–Crippen LogP) is 4.53. The predicted molar refractivity (Wildman–Crippen MR) is 87.4 cm³/mol. The van der Waals surface area contributed by atoms with Gasteiger partial charge >= 0.3 is 0 Å². The average Bonchev–Trinajstić information content (AvgIpc) is 2.48. The molecule has 2 aliphatic rings. The van der Waals surface area contributed by atoms with E-state index in [1.807, 2.05) is 18.2 Å². The van der Waals surface area contributed by atoms with Crippen LogP contribution in [0.5, 0.6) is 0 Å². The van der Waals surface area contributed by atoms with Crippen molar-refractivity contribution in [2.24, 2.45) is 5.92 Å². The normalized spacial score (nSPS) is 26.2.